The summed E-state index contributed by atoms with van der Waals surface area (Å²) < 4.78 is 11.5. The predicted octanol–water partition coefficient (Wildman–Crippen LogP) is 1.84. The van der Waals surface area contributed by atoms with Crippen molar-refractivity contribution in [2.75, 3.05) is 44.4 Å². The van der Waals surface area contributed by atoms with Gasteiger partial charge in [0.05, 0.1) is 19.8 Å². The monoisotopic (exact) mass is 315 g/mol. The molecule has 86 valence electrons. The third-order valence-electron chi connectivity index (χ3n) is 1.84. The first kappa shape index (κ1) is 14.6. The second-order valence-corrected chi connectivity index (χ2v) is 4.18. The van der Waals surface area contributed by atoms with E-state index in [-0.39, 0.29) is 0 Å². The fraction of sp³-hybridized carbons (Fsp3) is 1.00. The fourth-order valence-corrected chi connectivity index (χ4v) is 1.57. The third-order valence-corrected chi connectivity index (χ3v) is 2.60. The molecule has 14 heavy (non-hydrogen) atoms. The van der Waals surface area contributed by atoms with Crippen LogP contribution >= 0.6 is 22.6 Å². The Morgan fingerprint density at radius 1 is 1.00 bits per heavy atom. The Kier molecular flexibility index (Phi) is 14.2. The number of ether oxygens (including phenoxy) is 2. The standard InChI is InChI=1S/C10H22INO2/c1-13-9-10-14-8-7-12-6-4-2-3-5-11/h12H,2-10H2,1H3. The number of rotatable bonds is 11. The van der Waals surface area contributed by atoms with Crippen molar-refractivity contribution in [1.29, 1.82) is 0 Å². The zero-order valence-electron chi connectivity index (χ0n) is 9.06. The van der Waals surface area contributed by atoms with E-state index in [9.17, 15) is 0 Å². The molecule has 4 heteroatoms. The van der Waals surface area contributed by atoms with Crippen LogP contribution in [0.2, 0.25) is 0 Å². The van der Waals surface area contributed by atoms with Gasteiger partial charge in [-0.2, -0.15) is 0 Å². The van der Waals surface area contributed by atoms with E-state index in [2.05, 4.69) is 27.9 Å². The molecule has 0 aromatic heterocycles. The van der Waals surface area contributed by atoms with Crippen LogP contribution in [0.4, 0.5) is 0 Å². The summed E-state index contributed by atoms with van der Waals surface area (Å²) in [5.74, 6) is 0. The minimum Gasteiger partial charge on any atom is -0.382 e. The molecule has 0 amide bonds. The number of alkyl halides is 1. The van der Waals surface area contributed by atoms with E-state index in [0.717, 1.165) is 19.7 Å². The van der Waals surface area contributed by atoms with Gasteiger partial charge in [0, 0.05) is 13.7 Å². The summed E-state index contributed by atoms with van der Waals surface area (Å²) >= 11 is 2.42. The molecule has 0 saturated heterocycles. The first-order chi connectivity index (χ1) is 6.91. The maximum atomic E-state index is 5.31. The third kappa shape index (κ3) is 12.6. The molecule has 0 rings (SSSR count). The molecule has 1 N–H and O–H groups in total. The number of unbranched alkanes of at least 4 members (excludes halogenated alkanes) is 2. The van der Waals surface area contributed by atoms with Crippen molar-refractivity contribution >= 4 is 22.6 Å². The van der Waals surface area contributed by atoms with E-state index in [1.54, 1.807) is 7.11 Å². The molecule has 0 aliphatic carbocycles. The van der Waals surface area contributed by atoms with E-state index in [0.29, 0.717) is 13.2 Å². The summed E-state index contributed by atoms with van der Waals surface area (Å²) in [4.78, 5) is 0. The molecular weight excluding hydrogens is 293 g/mol. The lowest BCUT2D eigenvalue weighted by molar-refractivity contribution is 0.0720. The van der Waals surface area contributed by atoms with Crippen molar-refractivity contribution in [3.63, 3.8) is 0 Å². The van der Waals surface area contributed by atoms with E-state index in [1.165, 1.54) is 23.7 Å². The topological polar surface area (TPSA) is 30.5 Å². The molecule has 3 nitrogen and oxygen atoms in total. The molecule has 0 aliphatic heterocycles. The van der Waals surface area contributed by atoms with Gasteiger partial charge in [-0.05, 0) is 23.8 Å². The Bertz CT molecular complexity index is 92.1. The second kappa shape index (κ2) is 13.6. The first-order valence-corrected chi connectivity index (χ1v) is 6.77. The lowest BCUT2D eigenvalue weighted by Crippen LogP contribution is -2.21. The first-order valence-electron chi connectivity index (χ1n) is 5.25. The number of halogens is 1. The molecule has 0 radical (unpaired) electrons. The molecule has 0 spiro atoms. The minimum absolute atomic E-state index is 0.690. The summed E-state index contributed by atoms with van der Waals surface area (Å²) in [6.07, 6.45) is 3.95. The second-order valence-electron chi connectivity index (χ2n) is 3.10. The summed E-state index contributed by atoms with van der Waals surface area (Å²) in [5, 5.41) is 3.35. The van der Waals surface area contributed by atoms with Crippen molar-refractivity contribution in [3.8, 4) is 0 Å². The maximum Gasteiger partial charge on any atom is 0.0700 e. The van der Waals surface area contributed by atoms with Gasteiger partial charge in [-0.3, -0.25) is 0 Å². The maximum absolute atomic E-state index is 5.31. The summed E-state index contributed by atoms with van der Waals surface area (Å²) in [6, 6.07) is 0. The molecule has 0 aromatic carbocycles. The molecule has 0 fully saturated rings. The van der Waals surface area contributed by atoms with E-state index in [1.807, 2.05) is 0 Å². The lowest BCUT2D eigenvalue weighted by atomic mass is 10.2. The van der Waals surface area contributed by atoms with Gasteiger partial charge in [-0.15, -0.1) is 0 Å². The van der Waals surface area contributed by atoms with Gasteiger partial charge in [0.2, 0.25) is 0 Å². The van der Waals surface area contributed by atoms with Gasteiger partial charge < -0.3 is 14.8 Å². The highest BCUT2D eigenvalue weighted by Crippen LogP contribution is 1.97. The average Bonchev–Trinajstić information content (AvgIpc) is 2.21. The quantitative estimate of drug-likeness (QED) is 0.359. The number of methoxy groups -OCH3 is 1. The molecule has 0 aliphatic rings. The van der Waals surface area contributed by atoms with Crippen LogP contribution in [0, 0.1) is 0 Å². The summed E-state index contributed by atoms with van der Waals surface area (Å²) in [5.41, 5.74) is 0. The van der Waals surface area contributed by atoms with Crippen molar-refractivity contribution in [2.24, 2.45) is 0 Å². The zero-order chi connectivity index (χ0) is 10.5. The summed E-state index contributed by atoms with van der Waals surface area (Å²) in [7, 11) is 1.69. The predicted molar refractivity (Wildman–Crippen MR) is 68.3 cm³/mol. The average molecular weight is 315 g/mol. The molecule has 0 unspecified atom stereocenters. The van der Waals surface area contributed by atoms with Gasteiger partial charge in [0.1, 0.15) is 0 Å². The van der Waals surface area contributed by atoms with Gasteiger partial charge >= 0.3 is 0 Å². The van der Waals surface area contributed by atoms with Gasteiger partial charge in [-0.1, -0.05) is 29.0 Å². The lowest BCUT2D eigenvalue weighted by Gasteiger charge is -2.05. The smallest absolute Gasteiger partial charge is 0.0700 e. The molecule has 0 bridgehead atoms. The molecule has 0 aromatic rings. The van der Waals surface area contributed by atoms with Crippen molar-refractivity contribution in [2.45, 2.75) is 19.3 Å². The number of hydrogen-bond acceptors (Lipinski definition) is 3. The SMILES string of the molecule is COCCOCCNCCCCCI. The van der Waals surface area contributed by atoms with Gasteiger partial charge in [0.15, 0.2) is 0 Å². The fourth-order valence-electron chi connectivity index (χ4n) is 1.03. The van der Waals surface area contributed by atoms with E-state index < -0.39 is 0 Å². The van der Waals surface area contributed by atoms with Crippen LogP contribution < -0.4 is 5.32 Å². The summed E-state index contributed by atoms with van der Waals surface area (Å²) in [6.45, 7) is 4.25. The largest absolute Gasteiger partial charge is 0.382 e. The molecule has 0 saturated carbocycles. The van der Waals surface area contributed by atoms with Gasteiger partial charge in [0.25, 0.3) is 0 Å². The van der Waals surface area contributed by atoms with E-state index in [4.69, 9.17) is 9.47 Å². The van der Waals surface area contributed by atoms with Crippen LogP contribution in [-0.2, 0) is 9.47 Å². The Labute approximate surface area is 101 Å². The van der Waals surface area contributed by atoms with Crippen molar-refractivity contribution < 1.29 is 9.47 Å². The highest BCUT2D eigenvalue weighted by atomic mass is 127. The van der Waals surface area contributed by atoms with Crippen LogP contribution in [0.3, 0.4) is 0 Å². The van der Waals surface area contributed by atoms with Gasteiger partial charge in [-0.25, -0.2) is 0 Å². The highest BCUT2D eigenvalue weighted by molar-refractivity contribution is 14.1. The zero-order valence-corrected chi connectivity index (χ0v) is 11.2. The number of nitrogens with one attached hydrogen (secondary N) is 1. The Balaban J connectivity index is 2.78. The molecule has 0 heterocycles. The Hall–Kier alpha value is 0.610. The minimum atomic E-state index is 0.690. The van der Waals surface area contributed by atoms with Crippen LogP contribution in [0.5, 0.6) is 0 Å². The number of hydrogen-bond donors (Lipinski definition) is 1. The van der Waals surface area contributed by atoms with E-state index >= 15 is 0 Å². The Morgan fingerprint density at radius 2 is 1.86 bits per heavy atom. The van der Waals surface area contributed by atoms with Crippen LogP contribution in [0.1, 0.15) is 19.3 Å². The molecular formula is C10H22INO2. The highest BCUT2D eigenvalue weighted by Gasteiger charge is 1.90. The van der Waals surface area contributed by atoms with Crippen LogP contribution in [-0.4, -0.2) is 44.4 Å². The van der Waals surface area contributed by atoms with Crippen molar-refractivity contribution in [3.05, 3.63) is 0 Å². The Morgan fingerprint density at radius 3 is 2.57 bits per heavy atom. The van der Waals surface area contributed by atoms with Crippen LogP contribution in [0.15, 0.2) is 0 Å². The van der Waals surface area contributed by atoms with Crippen LogP contribution in [0.25, 0.3) is 0 Å². The normalized spacial score (nSPS) is 10.7. The van der Waals surface area contributed by atoms with Crippen molar-refractivity contribution in [1.82, 2.24) is 5.32 Å². The molecule has 0 atom stereocenters.